The van der Waals surface area contributed by atoms with Gasteiger partial charge in [0.1, 0.15) is 53.3 Å². The first kappa shape index (κ1) is 51.6. The number of hydrogen-bond donors (Lipinski definition) is 1. The van der Waals surface area contributed by atoms with Gasteiger partial charge in [-0.2, -0.15) is 23.1 Å². The molecule has 6 aromatic rings. The number of hydrogen-bond acceptors (Lipinski definition) is 13. The number of pyridine rings is 2. The third-order valence-electron chi connectivity index (χ3n) is 12.3. The first-order chi connectivity index (χ1) is 34.2. The van der Waals surface area contributed by atoms with Crippen LogP contribution in [0.5, 0.6) is 23.3 Å². The fourth-order valence-electron chi connectivity index (χ4n) is 8.76. The number of likely N-dealkylation sites (tertiary alicyclic amines) is 1. The molecule has 0 aliphatic carbocycles. The van der Waals surface area contributed by atoms with Gasteiger partial charge in [0, 0.05) is 37.4 Å². The molecule has 2 atom stereocenters. The monoisotopic (exact) mass is 1020 g/mol. The molecular weight excluding hydrogens is 970 g/mol. The Labute approximate surface area is 417 Å². The van der Waals surface area contributed by atoms with Crippen LogP contribution >= 0.6 is 11.6 Å². The molecular formula is C51H53ClF6N8O6. The van der Waals surface area contributed by atoms with Gasteiger partial charge in [0.2, 0.25) is 0 Å². The Kier molecular flexibility index (Phi) is 15.1. The summed E-state index contributed by atoms with van der Waals surface area (Å²) in [4.78, 5) is 36.3. The average Bonchev–Trinajstić information content (AvgIpc) is 3.51. The second kappa shape index (κ2) is 21.1. The van der Waals surface area contributed by atoms with Crippen molar-refractivity contribution in [2.75, 3.05) is 62.2 Å². The zero-order valence-electron chi connectivity index (χ0n) is 40.5. The van der Waals surface area contributed by atoms with Crippen LogP contribution in [0.2, 0.25) is 5.02 Å². The Hall–Kier alpha value is -6.80. The molecule has 0 bridgehead atoms. The van der Waals surface area contributed by atoms with Gasteiger partial charge >= 0.3 is 18.3 Å². The molecule has 1 amide bonds. The predicted molar refractivity (Wildman–Crippen MR) is 260 cm³/mol. The number of nitrogens with one attached hydrogen (secondary N) is 1. The molecule has 72 heavy (non-hydrogen) atoms. The first-order valence-electron chi connectivity index (χ1n) is 23.0. The highest BCUT2D eigenvalue weighted by Gasteiger charge is 2.41. The number of amides is 1. The summed E-state index contributed by atoms with van der Waals surface area (Å²) in [6, 6.07) is 17.4. The zero-order chi connectivity index (χ0) is 51.6. The SMILES string of the molecule is COc1ccc(CN(Cc2ccc(OC)cc2)c2cc(C)c(C(F)(F)F)c(-c3c(Cl)c4c5c(nc(OC[C@@H]6CCN6CC(F)F)nc5c3F)N([C@H](C)c3cccnc3NC(=O)OC(C)(C)C)CCO4)n2)cc1. The topological polar surface area (TPSA) is 137 Å². The van der Waals surface area contributed by atoms with E-state index in [0.717, 1.165) is 11.1 Å². The average molecular weight is 1020 g/mol. The van der Waals surface area contributed by atoms with Gasteiger partial charge in [-0.25, -0.2) is 27.9 Å². The van der Waals surface area contributed by atoms with Crippen molar-refractivity contribution >= 4 is 46.1 Å². The molecule has 21 heteroatoms. The second-order valence-corrected chi connectivity index (χ2v) is 18.8. The highest BCUT2D eigenvalue weighted by Crippen LogP contribution is 2.51. The van der Waals surface area contributed by atoms with Crippen LogP contribution in [0.15, 0.2) is 72.9 Å². The summed E-state index contributed by atoms with van der Waals surface area (Å²) < 4.78 is 120. The van der Waals surface area contributed by atoms with Gasteiger partial charge in [0.15, 0.2) is 11.6 Å². The van der Waals surface area contributed by atoms with Crippen LogP contribution in [-0.4, -0.2) is 96.1 Å². The number of methoxy groups -OCH3 is 2. The number of alkyl halides is 5. The van der Waals surface area contributed by atoms with E-state index in [4.69, 9.17) is 40.3 Å². The molecule has 1 N–H and O–H groups in total. The largest absolute Gasteiger partial charge is 0.497 e. The number of aryl methyl sites for hydroxylation is 1. The van der Waals surface area contributed by atoms with Crippen molar-refractivity contribution in [3.8, 4) is 34.5 Å². The molecule has 3 aromatic carbocycles. The molecule has 0 unspecified atom stereocenters. The van der Waals surface area contributed by atoms with Gasteiger partial charge in [0.05, 0.1) is 60.6 Å². The third-order valence-corrected chi connectivity index (χ3v) is 12.7. The standard InChI is InChI=1S/C51H53ClF6N8O6/c1-28-23-37(65(24-30-10-14-33(68-6)15-11-30)25-31-12-16-34(69-7)17-13-31)60-43(40(28)51(56,57)58)38-41(52)45-39-44(42(38)55)61-48(71-27-32-18-20-64(32)26-36(53)54)63-47(39)66(21-22-70-45)29(2)35-9-8-19-59-46(35)62-49(67)72-50(3,4)5/h8-17,19,23,29,32,36H,18,20-22,24-27H2,1-7H3,(H,59,62,67)/t29-,32+/m1/s1. The summed E-state index contributed by atoms with van der Waals surface area (Å²) >= 11 is 7.18. The lowest BCUT2D eigenvalue weighted by molar-refractivity contribution is -0.137. The summed E-state index contributed by atoms with van der Waals surface area (Å²) in [5.74, 6) is -0.0730. The number of rotatable bonds is 16. The third kappa shape index (κ3) is 11.3. The van der Waals surface area contributed by atoms with E-state index in [-0.39, 0.29) is 67.0 Å². The minimum atomic E-state index is -5.07. The molecule has 0 saturated carbocycles. The van der Waals surface area contributed by atoms with E-state index >= 15 is 17.6 Å². The smallest absolute Gasteiger partial charge is 0.418 e. The highest BCUT2D eigenvalue weighted by atomic mass is 35.5. The van der Waals surface area contributed by atoms with Gasteiger partial charge in [-0.15, -0.1) is 0 Å². The van der Waals surface area contributed by atoms with E-state index < -0.39 is 82.1 Å². The van der Waals surface area contributed by atoms with Crippen molar-refractivity contribution in [1.29, 1.82) is 0 Å². The maximum absolute atomic E-state index is 18.1. The normalized spacial score (nSPS) is 15.4. The Bertz CT molecular complexity index is 2880. The molecule has 382 valence electrons. The van der Waals surface area contributed by atoms with Gasteiger partial charge in [-0.1, -0.05) is 41.9 Å². The zero-order valence-corrected chi connectivity index (χ0v) is 41.3. The fourth-order valence-corrected chi connectivity index (χ4v) is 9.08. The summed E-state index contributed by atoms with van der Waals surface area (Å²) in [5.41, 5.74) is -2.40. The minimum Gasteiger partial charge on any atom is -0.497 e. The first-order valence-corrected chi connectivity index (χ1v) is 23.4. The number of aromatic nitrogens is 4. The number of halogens is 7. The Morgan fingerprint density at radius 1 is 0.958 bits per heavy atom. The van der Waals surface area contributed by atoms with E-state index in [0.29, 0.717) is 30.0 Å². The van der Waals surface area contributed by atoms with Crippen molar-refractivity contribution in [3.05, 3.63) is 112 Å². The minimum absolute atomic E-state index is 0.0200. The highest BCUT2D eigenvalue weighted by molar-refractivity contribution is 6.36. The van der Waals surface area contributed by atoms with Crippen LogP contribution < -0.4 is 34.1 Å². The van der Waals surface area contributed by atoms with Crippen LogP contribution in [0, 0.1) is 12.7 Å². The quantitative estimate of drug-likeness (QED) is 0.0922. The molecule has 1 fully saturated rings. The van der Waals surface area contributed by atoms with E-state index in [1.165, 1.54) is 38.3 Å². The summed E-state index contributed by atoms with van der Waals surface area (Å²) in [5, 5.41) is 2.08. The van der Waals surface area contributed by atoms with Crippen molar-refractivity contribution < 1.29 is 54.8 Å². The van der Waals surface area contributed by atoms with Gasteiger partial charge in [-0.05, 0) is 94.1 Å². The number of carbonyl (C=O) groups excluding carboxylic acids is 1. The molecule has 2 aliphatic rings. The molecule has 0 radical (unpaired) electrons. The number of carbonyl (C=O) groups is 1. The van der Waals surface area contributed by atoms with E-state index in [1.54, 1.807) is 73.9 Å². The molecule has 8 rings (SSSR count). The lowest BCUT2D eigenvalue weighted by Crippen LogP contribution is -2.52. The number of anilines is 3. The van der Waals surface area contributed by atoms with Crippen molar-refractivity contribution in [2.45, 2.75) is 84.4 Å². The summed E-state index contributed by atoms with van der Waals surface area (Å²) in [6.45, 7) is 8.12. The predicted octanol–water partition coefficient (Wildman–Crippen LogP) is 11.5. The Balaban J connectivity index is 1.30. The van der Waals surface area contributed by atoms with Crippen molar-refractivity contribution in [2.24, 2.45) is 0 Å². The van der Waals surface area contributed by atoms with Crippen LogP contribution in [0.1, 0.15) is 68.0 Å². The van der Waals surface area contributed by atoms with Crippen LogP contribution in [0.3, 0.4) is 0 Å². The Morgan fingerprint density at radius 2 is 1.61 bits per heavy atom. The maximum Gasteiger partial charge on any atom is 0.418 e. The maximum atomic E-state index is 18.1. The van der Waals surface area contributed by atoms with Crippen LogP contribution in [0.25, 0.3) is 22.2 Å². The molecule has 1 saturated heterocycles. The van der Waals surface area contributed by atoms with Gasteiger partial charge < -0.3 is 33.5 Å². The molecule has 2 aliphatic heterocycles. The second-order valence-electron chi connectivity index (χ2n) is 18.4. The van der Waals surface area contributed by atoms with Crippen LogP contribution in [0.4, 0.5) is 48.6 Å². The van der Waals surface area contributed by atoms with Crippen LogP contribution in [-0.2, 0) is 24.0 Å². The summed E-state index contributed by atoms with van der Waals surface area (Å²) in [7, 11) is 3.06. The van der Waals surface area contributed by atoms with E-state index in [9.17, 15) is 13.6 Å². The van der Waals surface area contributed by atoms with E-state index in [1.807, 2.05) is 24.3 Å². The van der Waals surface area contributed by atoms with E-state index in [2.05, 4.69) is 20.3 Å². The molecule has 3 aromatic heterocycles. The Morgan fingerprint density at radius 3 is 2.18 bits per heavy atom. The lowest BCUT2D eigenvalue weighted by atomic mass is 9.98. The molecule has 14 nitrogen and oxygen atoms in total. The molecule has 5 heterocycles. The number of benzene rings is 3. The molecule has 0 spiro atoms. The van der Waals surface area contributed by atoms with Crippen molar-refractivity contribution in [1.82, 2.24) is 24.8 Å². The number of ether oxygens (including phenoxy) is 5. The lowest BCUT2D eigenvalue weighted by Gasteiger charge is -2.40. The van der Waals surface area contributed by atoms with Gasteiger partial charge in [-0.3, -0.25) is 10.2 Å². The van der Waals surface area contributed by atoms with Gasteiger partial charge in [0.25, 0.3) is 6.43 Å². The number of nitrogens with zero attached hydrogens (tertiary/aromatic N) is 7. The van der Waals surface area contributed by atoms with Crippen molar-refractivity contribution in [3.63, 3.8) is 0 Å². The summed E-state index contributed by atoms with van der Waals surface area (Å²) in [6.07, 6.45) is -6.44. The fraction of sp³-hybridized carbons (Fsp3) is 0.392.